The van der Waals surface area contributed by atoms with Crippen molar-refractivity contribution in [1.82, 2.24) is 15.2 Å². The number of H-pyrrole nitrogens is 1. The molecular weight excluding hydrogens is 250 g/mol. The van der Waals surface area contributed by atoms with Crippen molar-refractivity contribution < 1.29 is 9.90 Å². The van der Waals surface area contributed by atoms with Crippen LogP contribution in [0.25, 0.3) is 0 Å². The highest BCUT2D eigenvalue weighted by atomic mass is 35.5. The Bertz CT molecular complexity index is 515. The maximum absolute atomic E-state index is 11.0. The number of aromatic carboxylic acids is 1. The molecule has 0 aliphatic heterocycles. The highest BCUT2D eigenvalue weighted by Gasteiger charge is 2.12. The summed E-state index contributed by atoms with van der Waals surface area (Å²) in [4.78, 5) is 15.5. The van der Waals surface area contributed by atoms with E-state index in [1.165, 1.54) is 24.2 Å². The zero-order chi connectivity index (χ0) is 11.5. The number of benzene rings is 1. The zero-order valence-electron chi connectivity index (χ0n) is 7.85. The Kier molecular flexibility index (Phi) is 3.12. The number of carboxylic acids is 1. The molecule has 1 aromatic carbocycles. The first-order valence-corrected chi connectivity index (χ1v) is 5.42. The predicted molar refractivity (Wildman–Crippen MR) is 58.9 cm³/mol. The highest BCUT2D eigenvalue weighted by Crippen LogP contribution is 2.29. The van der Waals surface area contributed by atoms with E-state index in [-0.39, 0.29) is 5.56 Å². The molecule has 0 aliphatic carbocycles. The van der Waals surface area contributed by atoms with E-state index in [4.69, 9.17) is 16.7 Å². The fourth-order valence-electron chi connectivity index (χ4n) is 1.11. The fourth-order valence-corrected chi connectivity index (χ4v) is 2.08. The minimum absolute atomic E-state index is 0.147. The van der Waals surface area contributed by atoms with Crippen molar-refractivity contribution in [3.63, 3.8) is 0 Å². The molecule has 0 unspecified atom stereocenters. The third-order valence-electron chi connectivity index (χ3n) is 1.77. The van der Waals surface area contributed by atoms with Crippen LogP contribution in [0.1, 0.15) is 10.4 Å². The van der Waals surface area contributed by atoms with Crippen molar-refractivity contribution in [3.05, 3.63) is 35.1 Å². The minimum Gasteiger partial charge on any atom is -0.478 e. The lowest BCUT2D eigenvalue weighted by Gasteiger charge is -2.03. The number of rotatable bonds is 3. The average molecular weight is 256 g/mol. The first kappa shape index (κ1) is 11.0. The molecule has 1 aromatic heterocycles. The molecule has 0 aliphatic rings. The number of nitrogens with zero attached hydrogens (tertiary/aromatic N) is 2. The Balaban J connectivity index is 2.36. The normalized spacial score (nSPS) is 10.3. The number of aromatic amines is 1. The quantitative estimate of drug-likeness (QED) is 0.880. The van der Waals surface area contributed by atoms with Crippen LogP contribution in [-0.2, 0) is 0 Å². The second-order valence-corrected chi connectivity index (χ2v) is 4.31. The molecule has 0 radical (unpaired) electrons. The lowest BCUT2D eigenvalue weighted by molar-refractivity contribution is 0.0693. The number of carbonyl (C=O) groups is 1. The molecule has 1 heterocycles. The van der Waals surface area contributed by atoms with Crippen molar-refractivity contribution in [2.75, 3.05) is 0 Å². The molecule has 0 spiro atoms. The summed E-state index contributed by atoms with van der Waals surface area (Å²) >= 11 is 6.92. The number of nitrogens with one attached hydrogen (secondary N) is 1. The van der Waals surface area contributed by atoms with Crippen LogP contribution < -0.4 is 0 Å². The van der Waals surface area contributed by atoms with Gasteiger partial charge in [-0.15, -0.1) is 0 Å². The zero-order valence-corrected chi connectivity index (χ0v) is 9.42. The predicted octanol–water partition coefficient (Wildman–Crippen LogP) is 2.31. The molecule has 0 fully saturated rings. The first-order chi connectivity index (χ1) is 7.66. The van der Waals surface area contributed by atoms with E-state index in [0.29, 0.717) is 15.1 Å². The fraction of sp³-hybridized carbons (Fsp3) is 0. The van der Waals surface area contributed by atoms with Gasteiger partial charge in [0.2, 0.25) is 0 Å². The Hall–Kier alpha value is -1.53. The standard InChI is InChI=1S/C9H6ClN3O2S/c10-5-1-2-7(6(3-5)8(14)15)16-9-11-4-12-13-9/h1-4H,(H,14,15)(H,11,12,13). The second-order valence-electron chi connectivity index (χ2n) is 2.84. The van der Waals surface area contributed by atoms with Gasteiger partial charge in [0.25, 0.3) is 0 Å². The molecule has 0 saturated heterocycles. The summed E-state index contributed by atoms with van der Waals surface area (Å²) in [5.41, 5.74) is 0.147. The van der Waals surface area contributed by atoms with E-state index in [1.807, 2.05) is 0 Å². The van der Waals surface area contributed by atoms with E-state index in [2.05, 4.69) is 15.2 Å². The lowest BCUT2D eigenvalue weighted by atomic mass is 10.2. The summed E-state index contributed by atoms with van der Waals surface area (Å²) in [6.45, 7) is 0. The SMILES string of the molecule is O=C(O)c1cc(Cl)ccc1Sc1ncn[nH]1. The molecule has 0 amide bonds. The maximum Gasteiger partial charge on any atom is 0.336 e. The topological polar surface area (TPSA) is 78.9 Å². The Morgan fingerprint density at radius 1 is 1.50 bits per heavy atom. The molecule has 7 heteroatoms. The summed E-state index contributed by atoms with van der Waals surface area (Å²) in [5.74, 6) is -1.02. The molecule has 2 N–H and O–H groups in total. The molecular formula is C9H6ClN3O2S. The van der Waals surface area contributed by atoms with Crippen molar-refractivity contribution in [1.29, 1.82) is 0 Å². The van der Waals surface area contributed by atoms with Gasteiger partial charge in [-0.2, -0.15) is 5.10 Å². The summed E-state index contributed by atoms with van der Waals surface area (Å²) in [5, 5.41) is 16.2. The Morgan fingerprint density at radius 3 is 2.94 bits per heavy atom. The number of halogens is 1. The van der Waals surface area contributed by atoms with Gasteiger partial charge in [0.15, 0.2) is 5.16 Å². The number of hydrogen-bond acceptors (Lipinski definition) is 4. The monoisotopic (exact) mass is 255 g/mol. The molecule has 82 valence electrons. The Labute approximate surface area is 99.9 Å². The second kappa shape index (κ2) is 4.54. The molecule has 0 bridgehead atoms. The number of carboxylic acid groups (broad SMARTS) is 1. The summed E-state index contributed by atoms with van der Waals surface area (Å²) < 4.78 is 0. The largest absolute Gasteiger partial charge is 0.478 e. The molecule has 2 rings (SSSR count). The van der Waals surface area contributed by atoms with Crippen LogP contribution in [0.2, 0.25) is 5.02 Å². The average Bonchev–Trinajstić information content (AvgIpc) is 2.73. The molecule has 5 nitrogen and oxygen atoms in total. The maximum atomic E-state index is 11.0. The summed E-state index contributed by atoms with van der Waals surface area (Å²) in [6.07, 6.45) is 1.36. The van der Waals surface area contributed by atoms with E-state index in [1.54, 1.807) is 12.1 Å². The third-order valence-corrected chi connectivity index (χ3v) is 2.97. The van der Waals surface area contributed by atoms with Crippen molar-refractivity contribution in [2.45, 2.75) is 10.1 Å². The van der Waals surface area contributed by atoms with Crippen LogP contribution in [0.5, 0.6) is 0 Å². The minimum atomic E-state index is -1.02. The third kappa shape index (κ3) is 2.34. The van der Waals surface area contributed by atoms with Gasteiger partial charge in [-0.1, -0.05) is 11.6 Å². The van der Waals surface area contributed by atoms with Gasteiger partial charge >= 0.3 is 5.97 Å². The van der Waals surface area contributed by atoms with Crippen LogP contribution in [0, 0.1) is 0 Å². The summed E-state index contributed by atoms with van der Waals surface area (Å²) in [6, 6.07) is 4.67. The van der Waals surface area contributed by atoms with Gasteiger partial charge in [0.1, 0.15) is 6.33 Å². The van der Waals surface area contributed by atoms with Crippen LogP contribution in [-0.4, -0.2) is 26.3 Å². The van der Waals surface area contributed by atoms with Gasteiger partial charge < -0.3 is 5.11 Å². The van der Waals surface area contributed by atoms with Crippen LogP contribution in [0.4, 0.5) is 0 Å². The summed E-state index contributed by atoms with van der Waals surface area (Å²) in [7, 11) is 0. The first-order valence-electron chi connectivity index (χ1n) is 4.23. The van der Waals surface area contributed by atoms with Crippen LogP contribution in [0.15, 0.2) is 34.6 Å². The van der Waals surface area contributed by atoms with Gasteiger partial charge in [0, 0.05) is 9.92 Å². The van der Waals surface area contributed by atoms with Crippen molar-refractivity contribution in [3.8, 4) is 0 Å². The van der Waals surface area contributed by atoms with E-state index >= 15 is 0 Å². The van der Waals surface area contributed by atoms with Crippen molar-refractivity contribution >= 4 is 29.3 Å². The van der Waals surface area contributed by atoms with Gasteiger partial charge in [-0.3, -0.25) is 5.10 Å². The van der Waals surface area contributed by atoms with Crippen LogP contribution in [0.3, 0.4) is 0 Å². The number of aromatic nitrogens is 3. The number of hydrogen-bond donors (Lipinski definition) is 2. The van der Waals surface area contributed by atoms with Crippen molar-refractivity contribution in [2.24, 2.45) is 0 Å². The highest BCUT2D eigenvalue weighted by molar-refractivity contribution is 7.99. The van der Waals surface area contributed by atoms with E-state index in [0.717, 1.165) is 0 Å². The molecule has 0 atom stereocenters. The lowest BCUT2D eigenvalue weighted by Crippen LogP contribution is -1.98. The molecule has 0 saturated carbocycles. The van der Waals surface area contributed by atoms with E-state index in [9.17, 15) is 4.79 Å². The van der Waals surface area contributed by atoms with E-state index < -0.39 is 5.97 Å². The van der Waals surface area contributed by atoms with Gasteiger partial charge in [0.05, 0.1) is 5.56 Å². The molecule has 16 heavy (non-hydrogen) atoms. The van der Waals surface area contributed by atoms with Crippen LogP contribution >= 0.6 is 23.4 Å². The smallest absolute Gasteiger partial charge is 0.336 e. The van der Waals surface area contributed by atoms with Gasteiger partial charge in [-0.05, 0) is 30.0 Å². The Morgan fingerprint density at radius 2 is 2.31 bits per heavy atom. The molecule has 2 aromatic rings. The van der Waals surface area contributed by atoms with Gasteiger partial charge in [-0.25, -0.2) is 9.78 Å².